The summed E-state index contributed by atoms with van der Waals surface area (Å²) in [7, 11) is 0. The Morgan fingerprint density at radius 2 is 1.57 bits per heavy atom. The van der Waals surface area contributed by atoms with Crippen LogP contribution in [0.1, 0.15) is 18.2 Å². The lowest BCUT2D eigenvalue weighted by Gasteiger charge is -2.13. The number of para-hydroxylation sites is 1. The third-order valence-electron chi connectivity index (χ3n) is 4.72. The van der Waals surface area contributed by atoms with Gasteiger partial charge in [0, 0.05) is 11.1 Å². The van der Waals surface area contributed by atoms with Crippen molar-refractivity contribution in [3.8, 4) is 22.6 Å². The first-order chi connectivity index (χ1) is 13.7. The molecule has 0 unspecified atom stereocenters. The smallest absolute Gasteiger partial charge is 0.616 e. The number of benzene rings is 3. The van der Waals surface area contributed by atoms with Crippen LogP contribution in [-0.4, -0.2) is 20.9 Å². The molecule has 1 heterocycles. The number of aryl methyl sites for hydroxylation is 2. The van der Waals surface area contributed by atoms with Crippen LogP contribution in [0.5, 0.6) is 11.5 Å². The summed E-state index contributed by atoms with van der Waals surface area (Å²) < 4.78 is 11.9. The molecule has 0 N–H and O–H groups in total. The highest BCUT2D eigenvalue weighted by atomic mass is 27.2. The van der Waals surface area contributed by atoms with Crippen LogP contribution in [0.4, 0.5) is 0 Å². The van der Waals surface area contributed by atoms with E-state index in [1.807, 2.05) is 49.4 Å². The third kappa shape index (κ3) is 4.04. The number of nitrogens with zero attached hydrogens (tertiary/aromatic N) is 1. The van der Waals surface area contributed by atoms with E-state index >= 15 is 0 Å². The van der Waals surface area contributed by atoms with Gasteiger partial charge in [0.25, 0.3) is 0 Å². The molecule has 0 aliphatic heterocycles. The van der Waals surface area contributed by atoms with Gasteiger partial charge < -0.3 is 7.58 Å². The summed E-state index contributed by atoms with van der Waals surface area (Å²) in [6, 6.07) is 26.6. The van der Waals surface area contributed by atoms with Crippen molar-refractivity contribution in [3.05, 3.63) is 90.1 Å². The minimum atomic E-state index is -0.676. The Labute approximate surface area is 172 Å². The van der Waals surface area contributed by atoms with Crippen LogP contribution in [0.25, 0.3) is 22.0 Å². The molecule has 1 radical (unpaired) electrons. The fourth-order valence-electron chi connectivity index (χ4n) is 3.31. The second-order valence-corrected chi connectivity index (χ2v) is 7.31. The lowest BCUT2D eigenvalue weighted by Crippen LogP contribution is -2.11. The maximum Gasteiger partial charge on any atom is 0.881 e. The van der Waals surface area contributed by atoms with Crippen molar-refractivity contribution in [2.24, 2.45) is 0 Å². The van der Waals surface area contributed by atoms with Crippen molar-refractivity contribution >= 4 is 26.8 Å². The number of pyridine rings is 1. The largest absolute Gasteiger partial charge is 0.881 e. The maximum atomic E-state index is 5.99. The van der Waals surface area contributed by atoms with E-state index in [2.05, 4.69) is 48.3 Å². The Bertz CT molecular complexity index is 1080. The van der Waals surface area contributed by atoms with Crippen molar-refractivity contribution in [2.75, 3.05) is 0 Å². The molecule has 0 saturated carbocycles. The zero-order chi connectivity index (χ0) is 19.3. The van der Waals surface area contributed by atoms with Crippen molar-refractivity contribution in [1.29, 1.82) is 0 Å². The second-order valence-electron chi connectivity index (χ2n) is 6.65. The van der Waals surface area contributed by atoms with Gasteiger partial charge in [0.15, 0.2) is 0 Å². The summed E-state index contributed by atoms with van der Waals surface area (Å²) in [6.45, 7) is 4.18. The molecule has 0 bridgehead atoms. The van der Waals surface area contributed by atoms with Gasteiger partial charge in [0.05, 0.1) is 5.75 Å². The highest BCUT2D eigenvalue weighted by molar-refractivity contribution is 6.21. The van der Waals surface area contributed by atoms with Gasteiger partial charge in [0.2, 0.25) is 0 Å². The Hall–Kier alpha value is -2.80. The highest BCUT2D eigenvalue weighted by Gasteiger charge is 2.12. The predicted molar refractivity (Wildman–Crippen MR) is 115 cm³/mol. The van der Waals surface area contributed by atoms with Crippen molar-refractivity contribution in [1.82, 2.24) is 4.98 Å². The normalized spacial score (nSPS) is 10.6. The van der Waals surface area contributed by atoms with Crippen LogP contribution in [0.15, 0.2) is 78.9 Å². The topological polar surface area (TPSA) is 31.4 Å². The van der Waals surface area contributed by atoms with Gasteiger partial charge in [-0.3, -0.25) is 0 Å². The van der Waals surface area contributed by atoms with E-state index in [4.69, 9.17) is 7.58 Å². The Balaban J connectivity index is 1.46. The molecule has 3 aromatic carbocycles. The zero-order valence-corrected chi connectivity index (χ0v) is 17.2. The minimum absolute atomic E-state index is 0.676. The fraction of sp³-hybridized carbons (Fsp3) is 0.125. The molecule has 28 heavy (non-hydrogen) atoms. The van der Waals surface area contributed by atoms with E-state index in [0.29, 0.717) is 0 Å². The molecule has 0 amide bonds. The van der Waals surface area contributed by atoms with Crippen molar-refractivity contribution < 1.29 is 7.58 Å². The average Bonchev–Trinajstić information content (AvgIpc) is 2.74. The van der Waals surface area contributed by atoms with E-state index in [1.165, 1.54) is 16.7 Å². The SMILES string of the molecule is CCc1cc(C)nc2c([O][Al][O]c3ccc(-c4ccccc4)cc3)cccc12. The number of fused-ring (bicyclic) bond motifs is 1. The summed E-state index contributed by atoms with van der Waals surface area (Å²) in [4.78, 5) is 4.69. The minimum Gasteiger partial charge on any atom is -0.616 e. The molecule has 4 aromatic rings. The third-order valence-corrected chi connectivity index (χ3v) is 5.44. The summed E-state index contributed by atoms with van der Waals surface area (Å²) >= 11 is -0.676. The molecule has 0 spiro atoms. The summed E-state index contributed by atoms with van der Waals surface area (Å²) in [6.07, 6.45) is 0.973. The standard InChI is InChI=1S/C12H13NO.C12H10O.Al/c1-3-9-7-8(2)13-12-10(9)5-4-6-11(12)14;13-12-8-6-11(7-9-12)10-4-2-1-3-5-10;/h4-7,14H,3H2,1-2H3;1-9,13H;/q;;+2/p-2. The fourth-order valence-corrected chi connectivity index (χ4v) is 3.92. The van der Waals surface area contributed by atoms with E-state index < -0.39 is 15.9 Å². The monoisotopic (exact) mass is 382 g/mol. The Kier molecular flexibility index (Phi) is 5.62. The van der Waals surface area contributed by atoms with Crippen LogP contribution in [-0.2, 0) is 6.42 Å². The van der Waals surface area contributed by atoms with Crippen LogP contribution in [0, 0.1) is 6.92 Å². The first kappa shape index (κ1) is 18.6. The maximum absolute atomic E-state index is 5.99. The first-order valence-corrected chi connectivity index (χ1v) is 10.4. The highest BCUT2D eigenvalue weighted by Crippen LogP contribution is 2.27. The van der Waals surface area contributed by atoms with Gasteiger partial charge >= 0.3 is 15.9 Å². The van der Waals surface area contributed by atoms with Crippen LogP contribution < -0.4 is 7.58 Å². The van der Waals surface area contributed by atoms with Gasteiger partial charge in [-0.05, 0) is 54.3 Å². The number of hydrogen-bond acceptors (Lipinski definition) is 3. The quantitative estimate of drug-likeness (QED) is 0.397. The molecular formula is C24H21AlNO2. The first-order valence-electron chi connectivity index (χ1n) is 9.44. The molecule has 137 valence electrons. The molecule has 4 heteroatoms. The Morgan fingerprint density at radius 3 is 2.32 bits per heavy atom. The van der Waals surface area contributed by atoms with E-state index in [-0.39, 0.29) is 0 Å². The van der Waals surface area contributed by atoms with E-state index in [0.717, 1.165) is 34.5 Å². The van der Waals surface area contributed by atoms with Gasteiger partial charge in [-0.1, -0.05) is 61.5 Å². The van der Waals surface area contributed by atoms with Crippen LogP contribution >= 0.6 is 0 Å². The second kappa shape index (κ2) is 8.48. The van der Waals surface area contributed by atoms with E-state index in [1.54, 1.807) is 0 Å². The van der Waals surface area contributed by atoms with Gasteiger partial charge in [-0.15, -0.1) is 0 Å². The number of hydrogen-bond donors (Lipinski definition) is 0. The lowest BCUT2D eigenvalue weighted by atomic mass is 10.1. The molecule has 0 aliphatic carbocycles. The van der Waals surface area contributed by atoms with Crippen molar-refractivity contribution in [3.63, 3.8) is 0 Å². The van der Waals surface area contributed by atoms with Gasteiger partial charge in [0.1, 0.15) is 11.3 Å². The average molecular weight is 382 g/mol. The molecule has 0 fully saturated rings. The van der Waals surface area contributed by atoms with Crippen LogP contribution in [0.3, 0.4) is 0 Å². The molecule has 1 aromatic heterocycles. The van der Waals surface area contributed by atoms with Gasteiger partial charge in [-0.2, -0.15) is 0 Å². The molecule has 0 aliphatic rings. The summed E-state index contributed by atoms with van der Waals surface area (Å²) in [5, 5.41) is 1.15. The molecular weight excluding hydrogens is 361 g/mol. The van der Waals surface area contributed by atoms with E-state index in [9.17, 15) is 0 Å². The Morgan fingerprint density at radius 1 is 0.821 bits per heavy atom. The molecule has 3 nitrogen and oxygen atoms in total. The molecule has 0 atom stereocenters. The van der Waals surface area contributed by atoms with Crippen molar-refractivity contribution in [2.45, 2.75) is 20.3 Å². The predicted octanol–water partition coefficient (Wildman–Crippen LogP) is 5.76. The summed E-state index contributed by atoms with van der Waals surface area (Å²) in [5.41, 5.74) is 5.58. The lowest BCUT2D eigenvalue weighted by molar-refractivity contribution is 0.461. The summed E-state index contributed by atoms with van der Waals surface area (Å²) in [5.74, 6) is 1.60. The van der Waals surface area contributed by atoms with Gasteiger partial charge in [-0.25, -0.2) is 4.98 Å². The number of aromatic nitrogens is 1. The number of rotatable bonds is 6. The molecule has 4 rings (SSSR count). The van der Waals surface area contributed by atoms with Crippen LogP contribution in [0.2, 0.25) is 0 Å². The molecule has 0 saturated heterocycles. The zero-order valence-electron chi connectivity index (χ0n) is 16.1.